The van der Waals surface area contributed by atoms with Gasteiger partial charge in [-0.05, 0) is 52.4 Å². The molecule has 3 N–H and O–H groups in total. The molecule has 0 bridgehead atoms. The molecule has 0 radical (unpaired) electrons. The number of rotatable bonds is 9. The Morgan fingerprint density at radius 1 is 1.11 bits per heavy atom. The Hall–Kier alpha value is -2.70. The minimum absolute atomic E-state index is 0.211. The number of Topliss-reactive ketones (excluding diaryl/α,β-unsaturated/α-hetero) is 1. The van der Waals surface area contributed by atoms with E-state index in [-0.39, 0.29) is 18.2 Å². The number of likely N-dealkylation sites (N-methyl/N-ethyl adjacent to an activating group) is 1. The maximum atomic E-state index is 13.4. The summed E-state index contributed by atoms with van der Waals surface area (Å²) in [6.45, 7) is 4.09. The first-order valence-electron chi connectivity index (χ1n) is 12.0. The average molecular weight is 521 g/mol. The molecule has 36 heavy (non-hydrogen) atoms. The van der Waals surface area contributed by atoms with E-state index in [2.05, 4.69) is 20.7 Å². The van der Waals surface area contributed by atoms with Gasteiger partial charge in [0, 0.05) is 25.0 Å². The van der Waals surface area contributed by atoms with E-state index in [9.17, 15) is 37.1 Å². The highest BCUT2D eigenvalue weighted by Crippen LogP contribution is 2.31. The van der Waals surface area contributed by atoms with Crippen LogP contribution in [0, 0.1) is 11.8 Å². The molecule has 1 aliphatic carbocycles. The highest BCUT2D eigenvalue weighted by Gasteiger charge is 2.41. The van der Waals surface area contributed by atoms with E-state index < -0.39 is 60.0 Å². The molecular formula is C23H35F3N4O6. The van der Waals surface area contributed by atoms with Crippen molar-refractivity contribution >= 4 is 29.4 Å². The zero-order chi connectivity index (χ0) is 27.3. The second-order valence-corrected chi connectivity index (χ2v) is 10.4. The molecular weight excluding hydrogens is 485 g/mol. The summed E-state index contributed by atoms with van der Waals surface area (Å²) in [5.41, 5.74) is -0.698. The number of halogens is 3. The van der Waals surface area contributed by atoms with Gasteiger partial charge in [0.15, 0.2) is 5.78 Å². The van der Waals surface area contributed by atoms with Crippen molar-refractivity contribution in [1.82, 2.24) is 20.9 Å². The molecule has 0 aromatic heterocycles. The van der Waals surface area contributed by atoms with E-state index in [1.807, 2.05) is 0 Å². The molecule has 0 aromatic carbocycles. The molecule has 13 heteroatoms. The Morgan fingerprint density at radius 2 is 1.72 bits per heavy atom. The first-order chi connectivity index (χ1) is 16.6. The molecule has 0 unspecified atom stereocenters. The second kappa shape index (κ2) is 12.0. The Labute approximate surface area is 208 Å². The molecule has 1 aliphatic heterocycles. The van der Waals surface area contributed by atoms with Crippen LogP contribution in [0.5, 0.6) is 0 Å². The van der Waals surface area contributed by atoms with Crippen molar-refractivity contribution in [2.75, 3.05) is 20.2 Å². The largest absolute Gasteiger partial charge is 0.522 e. The summed E-state index contributed by atoms with van der Waals surface area (Å²) in [5, 5.41) is 7.59. The summed E-state index contributed by atoms with van der Waals surface area (Å²) >= 11 is 0. The maximum Gasteiger partial charge on any atom is 0.522 e. The molecule has 0 spiro atoms. The first kappa shape index (κ1) is 29.5. The lowest BCUT2D eigenvalue weighted by Gasteiger charge is -2.33. The van der Waals surface area contributed by atoms with E-state index in [1.54, 1.807) is 20.8 Å². The molecule has 1 saturated heterocycles. The number of ketones is 1. The smallest absolute Gasteiger partial charge is 0.356 e. The van der Waals surface area contributed by atoms with Crippen LogP contribution in [0.3, 0.4) is 0 Å². The average Bonchev–Trinajstić information content (AvgIpc) is 3.41. The minimum Gasteiger partial charge on any atom is -0.356 e. The number of nitrogens with zero attached hydrogens (tertiary/aromatic N) is 1. The summed E-state index contributed by atoms with van der Waals surface area (Å²) in [7, 11) is 1.31. The number of ether oxygens (including phenoxy) is 1. The van der Waals surface area contributed by atoms with Crippen molar-refractivity contribution in [2.24, 2.45) is 11.8 Å². The summed E-state index contributed by atoms with van der Waals surface area (Å²) < 4.78 is 41.2. The van der Waals surface area contributed by atoms with Gasteiger partial charge in [0.05, 0.1) is 6.04 Å². The van der Waals surface area contributed by atoms with Crippen molar-refractivity contribution in [3.8, 4) is 0 Å². The highest BCUT2D eigenvalue weighted by molar-refractivity contribution is 6.35. The number of hydrogen-bond donors (Lipinski definition) is 3. The molecule has 204 valence electrons. The van der Waals surface area contributed by atoms with Gasteiger partial charge in [-0.25, -0.2) is 0 Å². The van der Waals surface area contributed by atoms with Gasteiger partial charge in [-0.3, -0.25) is 28.7 Å². The Kier molecular flexibility index (Phi) is 9.86. The van der Waals surface area contributed by atoms with E-state index in [4.69, 9.17) is 0 Å². The van der Waals surface area contributed by atoms with E-state index in [0.717, 1.165) is 17.7 Å². The number of nitrogens with one attached hydrogen (secondary N) is 3. The van der Waals surface area contributed by atoms with E-state index in [0.29, 0.717) is 25.8 Å². The Balaban J connectivity index is 2.24. The molecule has 2 fully saturated rings. The molecule has 4 amide bonds. The van der Waals surface area contributed by atoms with Crippen molar-refractivity contribution in [1.29, 1.82) is 0 Å². The van der Waals surface area contributed by atoms with Crippen molar-refractivity contribution in [3.05, 3.63) is 0 Å². The Bertz CT molecular complexity index is 852. The van der Waals surface area contributed by atoms with Gasteiger partial charge in [0.1, 0.15) is 12.6 Å². The second-order valence-electron chi connectivity index (χ2n) is 10.4. The fourth-order valence-corrected chi connectivity index (χ4v) is 4.60. The lowest BCUT2D eigenvalue weighted by Crippen LogP contribution is -2.58. The number of carbonyl (C=O) groups is 5. The van der Waals surface area contributed by atoms with Crippen LogP contribution in [0.2, 0.25) is 0 Å². The van der Waals surface area contributed by atoms with Crippen LogP contribution in [0.1, 0.15) is 59.3 Å². The van der Waals surface area contributed by atoms with Gasteiger partial charge in [0.25, 0.3) is 0 Å². The zero-order valence-corrected chi connectivity index (χ0v) is 21.0. The fourth-order valence-electron chi connectivity index (χ4n) is 4.60. The van der Waals surface area contributed by atoms with Crippen molar-refractivity contribution in [2.45, 2.75) is 83.3 Å². The predicted molar refractivity (Wildman–Crippen MR) is 121 cm³/mol. The van der Waals surface area contributed by atoms with Crippen LogP contribution in [0.15, 0.2) is 0 Å². The number of amides is 4. The molecule has 1 saturated carbocycles. The van der Waals surface area contributed by atoms with Crippen LogP contribution in [0.25, 0.3) is 0 Å². The fraction of sp³-hybridized carbons (Fsp3) is 0.783. The van der Waals surface area contributed by atoms with Gasteiger partial charge in [-0.15, -0.1) is 13.2 Å². The minimum atomic E-state index is -5.05. The van der Waals surface area contributed by atoms with E-state index in [1.165, 1.54) is 7.05 Å². The summed E-state index contributed by atoms with van der Waals surface area (Å²) in [5.74, 6) is -5.03. The maximum absolute atomic E-state index is 13.4. The highest BCUT2D eigenvalue weighted by atomic mass is 19.4. The van der Waals surface area contributed by atoms with Gasteiger partial charge in [-0.2, -0.15) is 0 Å². The number of carbonyl (C=O) groups excluding carboxylic acids is 5. The summed E-state index contributed by atoms with van der Waals surface area (Å²) in [6.07, 6.45) is -2.11. The molecule has 1 heterocycles. The molecule has 2 rings (SSSR count). The quantitative estimate of drug-likeness (QED) is 0.389. The van der Waals surface area contributed by atoms with Gasteiger partial charge in [0.2, 0.25) is 11.8 Å². The standard InChI is InChI=1S/C23H35F3N4O6/c1-22(2,3)29-20(34)21(35)30(4)17(13-7-5-6-8-13)19(33)28-15(11-14-9-10-27-18(14)32)16(31)12-36-23(24,25)26/h13-15,17H,5-12H2,1-4H3,(H,27,32)(H,28,33)(H,29,34)/t14-,15-,17-/m0/s1. The third-order valence-corrected chi connectivity index (χ3v) is 6.30. The zero-order valence-electron chi connectivity index (χ0n) is 21.0. The summed E-state index contributed by atoms with van der Waals surface area (Å²) in [6, 6.07) is -2.56. The topological polar surface area (TPSA) is 134 Å². The normalized spacial score (nSPS) is 20.4. The van der Waals surface area contributed by atoms with Crippen LogP contribution >= 0.6 is 0 Å². The third-order valence-electron chi connectivity index (χ3n) is 6.30. The van der Waals surface area contributed by atoms with Crippen LogP contribution in [-0.4, -0.2) is 78.5 Å². The number of alkyl halides is 3. The van der Waals surface area contributed by atoms with Crippen molar-refractivity contribution in [3.63, 3.8) is 0 Å². The van der Waals surface area contributed by atoms with Gasteiger partial charge in [-0.1, -0.05) is 12.8 Å². The SMILES string of the molecule is CN(C(=O)C(=O)NC(C)(C)C)[C@H](C(=O)N[C@@H](C[C@@H]1CCNC1=O)C(=O)COC(F)(F)F)C1CCCC1. The lowest BCUT2D eigenvalue weighted by molar-refractivity contribution is -0.321. The van der Waals surface area contributed by atoms with Gasteiger partial charge < -0.3 is 20.9 Å². The third kappa shape index (κ3) is 8.75. The molecule has 10 nitrogen and oxygen atoms in total. The van der Waals surface area contributed by atoms with Crippen LogP contribution in [0.4, 0.5) is 13.2 Å². The predicted octanol–water partition coefficient (Wildman–Crippen LogP) is 1.03. The van der Waals surface area contributed by atoms with Gasteiger partial charge >= 0.3 is 18.2 Å². The van der Waals surface area contributed by atoms with Crippen molar-refractivity contribution < 1.29 is 41.9 Å². The van der Waals surface area contributed by atoms with E-state index >= 15 is 0 Å². The lowest BCUT2D eigenvalue weighted by atomic mass is 9.93. The molecule has 0 aromatic rings. The number of hydrogen-bond acceptors (Lipinski definition) is 6. The van der Waals surface area contributed by atoms with Crippen LogP contribution in [-0.2, 0) is 28.7 Å². The Morgan fingerprint density at radius 3 is 2.22 bits per heavy atom. The molecule has 3 atom stereocenters. The molecule has 2 aliphatic rings. The van der Waals surface area contributed by atoms with Crippen LogP contribution < -0.4 is 16.0 Å². The summed E-state index contributed by atoms with van der Waals surface area (Å²) in [4.78, 5) is 64.4. The monoisotopic (exact) mass is 520 g/mol. The first-order valence-corrected chi connectivity index (χ1v) is 12.0.